The Balaban J connectivity index is 0.000000867. The summed E-state index contributed by atoms with van der Waals surface area (Å²) in [4.78, 5) is 84.6. The van der Waals surface area contributed by atoms with Crippen molar-refractivity contribution in [3.8, 4) is 0 Å². The predicted molar refractivity (Wildman–Crippen MR) is 290 cm³/mol. The fourth-order valence-corrected chi connectivity index (χ4v) is 8.12. The number of likely N-dealkylation sites (N-methyl/N-ethyl adjacent to an activating group) is 1. The highest BCUT2D eigenvalue weighted by Gasteiger charge is 2.26. The number of allylic oxidation sites excluding steroid dienone is 1. The van der Waals surface area contributed by atoms with Gasteiger partial charge in [-0.05, 0) is 89.2 Å². The van der Waals surface area contributed by atoms with E-state index in [2.05, 4.69) is 43.8 Å². The van der Waals surface area contributed by atoms with Crippen molar-refractivity contribution in [1.29, 1.82) is 0 Å². The molecule has 25 nitrogen and oxygen atoms in total. The van der Waals surface area contributed by atoms with Crippen molar-refractivity contribution in [3.63, 3.8) is 0 Å². The van der Waals surface area contributed by atoms with Gasteiger partial charge in [0.25, 0.3) is 11.8 Å². The number of carboxylic acids is 1. The number of rotatable bonds is 33. The van der Waals surface area contributed by atoms with Crippen molar-refractivity contribution in [2.75, 3.05) is 103 Å². The lowest BCUT2D eigenvalue weighted by molar-refractivity contribution is -0.138. The molecule has 5 rings (SSSR count). The molecule has 5 amide bonds. The molecule has 3 heterocycles. The summed E-state index contributed by atoms with van der Waals surface area (Å²) in [6.45, 7) is 19.1. The molecule has 6 N–H and O–H groups in total. The largest absolute Gasteiger partial charge is 0.481 e. The molecule has 2 aromatic carbocycles. The first kappa shape index (κ1) is 62.0. The van der Waals surface area contributed by atoms with Crippen LogP contribution in [-0.4, -0.2) is 177 Å². The van der Waals surface area contributed by atoms with Crippen molar-refractivity contribution in [2.24, 2.45) is 33.6 Å². The van der Waals surface area contributed by atoms with Crippen LogP contribution in [-0.2, 0) is 58.2 Å². The summed E-state index contributed by atoms with van der Waals surface area (Å²) >= 11 is 0. The van der Waals surface area contributed by atoms with Gasteiger partial charge < -0.3 is 64.5 Å². The molecule has 0 saturated heterocycles. The molecular weight excluding hydrogens is 999 g/mol. The molecule has 0 saturated carbocycles. The van der Waals surface area contributed by atoms with Crippen molar-refractivity contribution in [3.05, 3.63) is 82.4 Å². The number of aliphatic carboxylic acids is 1. The van der Waals surface area contributed by atoms with Crippen LogP contribution in [0.2, 0.25) is 0 Å². The average molecular weight is 1070 g/mol. The first-order chi connectivity index (χ1) is 37.0. The molecule has 0 fully saturated rings. The number of carboxylic acid groups (broad SMARTS) is 1. The molecular formula is C52H75N13O12. The van der Waals surface area contributed by atoms with E-state index in [0.29, 0.717) is 130 Å². The van der Waals surface area contributed by atoms with E-state index in [0.717, 1.165) is 17.8 Å². The van der Waals surface area contributed by atoms with E-state index >= 15 is 0 Å². The van der Waals surface area contributed by atoms with Gasteiger partial charge in [0.15, 0.2) is 0 Å². The highest BCUT2D eigenvalue weighted by atomic mass is 16.6. The highest BCUT2D eigenvalue weighted by molar-refractivity contribution is 5.98. The van der Waals surface area contributed by atoms with Crippen molar-refractivity contribution in [1.82, 2.24) is 29.2 Å². The molecule has 0 radical (unpaired) electrons. The normalized spacial score (nSPS) is 12.8. The molecule has 4 aromatic rings. The molecule has 1 aliphatic rings. The smallest absolute Gasteiger partial charge is 0.305 e. The Hall–Kier alpha value is -7.58. The lowest BCUT2D eigenvalue weighted by Gasteiger charge is -2.24. The average Bonchev–Trinajstić information content (AvgIpc) is 4.07. The van der Waals surface area contributed by atoms with E-state index in [4.69, 9.17) is 40.3 Å². The molecule has 25 heteroatoms. The lowest BCUT2D eigenvalue weighted by atomic mass is 10.1. The van der Waals surface area contributed by atoms with Crippen LogP contribution in [0.25, 0.3) is 11.0 Å². The Bertz CT molecular complexity index is 2770. The maximum atomic E-state index is 13.7. The minimum absolute atomic E-state index is 0.0481. The second-order valence-electron chi connectivity index (χ2n) is 17.4. The van der Waals surface area contributed by atoms with Gasteiger partial charge in [-0.25, -0.2) is 4.99 Å². The lowest BCUT2D eigenvalue weighted by Crippen LogP contribution is -2.35. The second kappa shape index (κ2) is 32.1. The number of nitrogens with one attached hydrogen (secondary N) is 1. The van der Waals surface area contributed by atoms with Gasteiger partial charge in [-0.3, -0.25) is 38.5 Å². The first-order valence-electron chi connectivity index (χ1n) is 25.4. The van der Waals surface area contributed by atoms with E-state index in [-0.39, 0.29) is 44.6 Å². The van der Waals surface area contributed by atoms with Gasteiger partial charge in [-0.15, -0.1) is 0 Å². The van der Waals surface area contributed by atoms with E-state index in [1.165, 1.54) is 5.01 Å². The number of nitrogens with two attached hydrogens (primary N) is 2. The number of hydrazone groups is 1. The summed E-state index contributed by atoms with van der Waals surface area (Å²) in [7, 11) is 3.70. The van der Waals surface area contributed by atoms with Gasteiger partial charge in [-0.1, -0.05) is 13.0 Å². The second-order valence-corrected chi connectivity index (χ2v) is 17.4. The Morgan fingerprint density at radius 3 is 2.05 bits per heavy atom. The van der Waals surface area contributed by atoms with Gasteiger partial charge in [0.2, 0.25) is 23.3 Å². The quantitative estimate of drug-likeness (QED) is 0.0231. The summed E-state index contributed by atoms with van der Waals surface area (Å²) in [6.07, 6.45) is 2.96. The molecule has 0 spiro atoms. The van der Waals surface area contributed by atoms with Crippen LogP contribution in [0, 0.1) is 6.92 Å². The van der Waals surface area contributed by atoms with Gasteiger partial charge in [-0.2, -0.15) is 15.2 Å². The number of imidazole rings is 1. The van der Waals surface area contributed by atoms with E-state index < -0.39 is 29.8 Å². The van der Waals surface area contributed by atoms with Crippen LogP contribution in [0.15, 0.2) is 69.3 Å². The number of aryl methyl sites for hydroxylation is 4. The number of primary amides is 2. The van der Waals surface area contributed by atoms with Crippen molar-refractivity contribution in [2.45, 2.75) is 72.6 Å². The monoisotopic (exact) mass is 1070 g/mol. The van der Waals surface area contributed by atoms with Gasteiger partial charge in [0.05, 0.1) is 100 Å². The zero-order valence-electron chi connectivity index (χ0n) is 45.1. The number of ether oxygens (including phenoxy) is 5. The Labute approximate surface area is 448 Å². The van der Waals surface area contributed by atoms with Crippen LogP contribution in [0.5, 0.6) is 0 Å². The molecule has 420 valence electrons. The summed E-state index contributed by atoms with van der Waals surface area (Å²) in [5.74, 6) is -3.17. The SMILES string of the molecule is C=NC(=O)/C(=C/CC)N(CC)N=C.CCn1nc(C)cc1C(=O)N=c1n(C)c2cc(C(N)=O)ccc2n1CCC(CCN1CN(C)c2cc(C(N)=O)ccc21)OCC(=O)NCCOCCOCCOCCOCCC(=O)O. The third kappa shape index (κ3) is 18.9. The molecule has 1 atom stereocenters. The Morgan fingerprint density at radius 2 is 1.45 bits per heavy atom. The first-order valence-corrected chi connectivity index (χ1v) is 25.4. The minimum Gasteiger partial charge on any atom is -0.481 e. The highest BCUT2D eigenvalue weighted by Crippen LogP contribution is 2.36. The third-order valence-corrected chi connectivity index (χ3v) is 12.0. The van der Waals surface area contributed by atoms with Gasteiger partial charge in [0.1, 0.15) is 18.0 Å². The standard InChI is InChI=1S/C43H60N10O11.C9H15N3O/c1-5-53-37(24-29(2)48-53)42(59)47-43-50(4)36-26-31(41(45)58)7-9-34(36)52(43)15-11-32(10-14-51-28-49(3)35-25-30(40(44)57)6-8-33(35)51)64-27-38(54)46-13-17-61-19-21-63-23-22-62-20-18-60-16-12-39(55)56;1-5-7-8(9(13)10-3)12(6-2)11-4/h6-9,24-26,32H,5,10-23,27-28H2,1-4H3,(H2,44,57)(H2,45,58)(H,46,54)(H,55,56);7H,3-6H2,1-2H3/b;8-7-. The van der Waals surface area contributed by atoms with Crippen LogP contribution >= 0.6 is 0 Å². The topological polar surface area (TPSA) is 307 Å². The number of carbonyl (C=O) groups is 6. The molecule has 1 aliphatic heterocycles. The maximum Gasteiger partial charge on any atom is 0.305 e. The minimum atomic E-state index is -0.910. The van der Waals surface area contributed by atoms with Crippen LogP contribution < -0.4 is 32.2 Å². The summed E-state index contributed by atoms with van der Waals surface area (Å²) in [5, 5.41) is 21.1. The predicted octanol–water partition coefficient (Wildman–Crippen LogP) is 2.63. The number of benzene rings is 2. The van der Waals surface area contributed by atoms with Crippen molar-refractivity contribution >= 4 is 71.3 Å². The van der Waals surface area contributed by atoms with E-state index in [1.807, 2.05) is 50.3 Å². The molecule has 0 bridgehead atoms. The Morgan fingerprint density at radius 1 is 0.831 bits per heavy atom. The maximum absolute atomic E-state index is 13.7. The van der Waals surface area contributed by atoms with Crippen LogP contribution in [0.1, 0.15) is 83.4 Å². The molecule has 77 heavy (non-hydrogen) atoms. The van der Waals surface area contributed by atoms with Crippen molar-refractivity contribution < 1.29 is 57.6 Å². The van der Waals surface area contributed by atoms with Gasteiger partial charge >= 0.3 is 5.97 Å². The molecule has 1 unspecified atom stereocenters. The summed E-state index contributed by atoms with van der Waals surface area (Å²) in [6, 6.07) is 12.1. The Kier molecular flexibility index (Phi) is 25.8. The van der Waals surface area contributed by atoms with E-state index in [1.54, 1.807) is 58.8 Å². The fourth-order valence-electron chi connectivity index (χ4n) is 8.12. The number of aliphatic imine (C=N–C) groups is 1. The number of aromatic nitrogens is 4. The molecule has 2 aromatic heterocycles. The number of anilines is 2. The number of hydrogen-bond acceptors (Lipinski definition) is 16. The number of hydrogen-bond donors (Lipinski definition) is 4. The van der Waals surface area contributed by atoms with Gasteiger partial charge in [0, 0.05) is 64.7 Å². The number of carbonyl (C=O) groups excluding carboxylic acids is 5. The number of fused-ring (bicyclic) bond motifs is 2. The van der Waals surface area contributed by atoms with Crippen LogP contribution in [0.4, 0.5) is 11.4 Å². The zero-order valence-corrected chi connectivity index (χ0v) is 45.1. The molecule has 0 aliphatic carbocycles. The third-order valence-electron chi connectivity index (χ3n) is 12.0. The summed E-state index contributed by atoms with van der Waals surface area (Å²) < 4.78 is 33.2. The zero-order chi connectivity index (χ0) is 56.4. The fraction of sp³-hybridized carbons (Fsp3) is 0.500. The van der Waals surface area contributed by atoms with Crippen LogP contribution in [0.3, 0.4) is 0 Å². The number of nitrogens with zero attached hydrogens (tertiary/aromatic N) is 10. The van der Waals surface area contributed by atoms with E-state index in [9.17, 15) is 28.8 Å². The summed E-state index contributed by atoms with van der Waals surface area (Å²) in [5.41, 5.74) is 16.9. The number of amides is 5.